The summed E-state index contributed by atoms with van der Waals surface area (Å²) in [5.41, 5.74) is 4.70. The van der Waals surface area contributed by atoms with Crippen molar-refractivity contribution in [3.63, 3.8) is 0 Å². The number of ether oxygens (including phenoxy) is 3. The highest BCUT2D eigenvalue weighted by molar-refractivity contribution is 7.92. The SMILES string of the molecule is O=C1OC[C@@H](Cc2ccccc2)N1C(=O)C(C[C@H]1CCC2(C1)O[C@H](c1ccccc1)[C@@H](c1ccccc1)O2)c1ccc(S(=O)(=O)C2CC2)c(C2CC2)c1. The van der Waals surface area contributed by atoms with E-state index in [-0.39, 0.29) is 41.8 Å². The minimum absolute atomic E-state index is 0.0559. The molecular formula is C44H45NO7S. The van der Waals surface area contributed by atoms with E-state index in [0.717, 1.165) is 47.1 Å². The molecule has 0 radical (unpaired) electrons. The first-order chi connectivity index (χ1) is 25.8. The van der Waals surface area contributed by atoms with Crippen molar-refractivity contribution in [3.8, 4) is 0 Å². The monoisotopic (exact) mass is 731 g/mol. The van der Waals surface area contributed by atoms with Crippen molar-refractivity contribution in [1.82, 2.24) is 4.90 Å². The van der Waals surface area contributed by atoms with Gasteiger partial charge in [0.1, 0.15) is 18.8 Å². The van der Waals surface area contributed by atoms with Gasteiger partial charge in [-0.15, -0.1) is 0 Å². The van der Waals surface area contributed by atoms with Crippen LogP contribution in [0.5, 0.6) is 0 Å². The molecule has 4 aromatic rings. The Kier molecular flexibility index (Phi) is 8.99. The second-order valence-corrected chi connectivity index (χ2v) is 17.8. The Morgan fingerprint density at radius 1 is 0.792 bits per heavy atom. The van der Waals surface area contributed by atoms with Crippen LogP contribution < -0.4 is 0 Å². The van der Waals surface area contributed by atoms with Crippen LogP contribution in [0.3, 0.4) is 0 Å². The summed E-state index contributed by atoms with van der Waals surface area (Å²) in [6.45, 7) is 0.133. The van der Waals surface area contributed by atoms with Crippen LogP contribution in [0.15, 0.2) is 114 Å². The van der Waals surface area contributed by atoms with Crippen LogP contribution in [0.1, 0.15) is 103 Å². The highest BCUT2D eigenvalue weighted by Gasteiger charge is 2.53. The van der Waals surface area contributed by atoms with Crippen LogP contribution >= 0.6 is 0 Å². The molecule has 0 aromatic heterocycles. The number of rotatable bonds is 11. The fraction of sp³-hybridized carbons (Fsp3) is 0.409. The third-order valence-electron chi connectivity index (χ3n) is 11.9. The molecule has 5 aliphatic rings. The smallest absolute Gasteiger partial charge is 0.417 e. The normalized spacial score (nSPS) is 25.8. The van der Waals surface area contributed by atoms with Gasteiger partial charge in [-0.1, -0.05) is 103 Å². The maximum atomic E-state index is 14.9. The maximum Gasteiger partial charge on any atom is 0.417 e. The highest BCUT2D eigenvalue weighted by Crippen LogP contribution is 2.56. The van der Waals surface area contributed by atoms with E-state index in [1.165, 1.54) is 4.90 Å². The molecule has 1 unspecified atom stereocenters. The number of sulfone groups is 1. The molecule has 2 amide bonds. The van der Waals surface area contributed by atoms with Crippen molar-refractivity contribution in [2.45, 2.75) is 104 Å². The number of carbonyl (C=O) groups is 2. The molecule has 2 heterocycles. The van der Waals surface area contributed by atoms with Gasteiger partial charge in [0.15, 0.2) is 15.6 Å². The van der Waals surface area contributed by atoms with Gasteiger partial charge >= 0.3 is 6.09 Å². The first kappa shape index (κ1) is 34.5. The van der Waals surface area contributed by atoms with E-state index in [9.17, 15) is 18.0 Å². The van der Waals surface area contributed by atoms with Crippen molar-refractivity contribution in [2.75, 3.05) is 6.61 Å². The maximum absolute atomic E-state index is 14.9. The number of benzene rings is 4. The number of carbonyl (C=O) groups excluding carboxylic acids is 2. The molecule has 9 heteroatoms. The van der Waals surface area contributed by atoms with Crippen molar-refractivity contribution in [1.29, 1.82) is 0 Å². The van der Waals surface area contributed by atoms with Crippen LogP contribution in [0, 0.1) is 5.92 Å². The lowest BCUT2D eigenvalue weighted by Gasteiger charge is -2.28. The van der Waals surface area contributed by atoms with Gasteiger partial charge in [0.25, 0.3) is 0 Å². The summed E-state index contributed by atoms with van der Waals surface area (Å²) in [4.78, 5) is 30.0. The number of nitrogens with zero attached hydrogens (tertiary/aromatic N) is 1. The van der Waals surface area contributed by atoms with Crippen LogP contribution in [0.2, 0.25) is 0 Å². The fourth-order valence-corrected chi connectivity index (χ4v) is 10.8. The minimum Gasteiger partial charge on any atom is -0.447 e. The molecule has 2 aliphatic heterocycles. The second kappa shape index (κ2) is 13.8. The second-order valence-electron chi connectivity index (χ2n) is 15.7. The lowest BCUT2D eigenvalue weighted by molar-refractivity contribution is -0.173. The molecule has 5 atom stereocenters. The average molecular weight is 732 g/mol. The van der Waals surface area contributed by atoms with Gasteiger partial charge in [0.05, 0.1) is 22.1 Å². The molecule has 3 saturated carbocycles. The number of hydrogen-bond acceptors (Lipinski definition) is 7. The number of imide groups is 1. The van der Waals surface area contributed by atoms with E-state index in [1.54, 1.807) is 6.07 Å². The summed E-state index contributed by atoms with van der Waals surface area (Å²) in [6, 6.07) is 35.3. The summed E-state index contributed by atoms with van der Waals surface area (Å²) >= 11 is 0. The third kappa shape index (κ3) is 6.83. The first-order valence-electron chi connectivity index (χ1n) is 19.1. The van der Waals surface area contributed by atoms with E-state index in [2.05, 4.69) is 24.3 Å². The standard InChI is InChI=1S/C44H45NO7S/c46-42(45-35(28-50-43(45)47)24-29-10-4-1-5-11-29)38(34-18-21-39(37(26-34)31-16-17-31)53(48,49)36-19-20-36)25-30-22-23-44(27-30)51-40(32-12-6-2-7-13-32)41(52-44)33-14-8-3-9-15-33/h1-15,18,21,26,30-31,35-36,38,40-41H,16-17,19-20,22-25,27-28H2/t30-,35-,38?,40-,41-/m1/s1. The number of hydrogen-bond donors (Lipinski definition) is 0. The largest absolute Gasteiger partial charge is 0.447 e. The predicted octanol–water partition coefficient (Wildman–Crippen LogP) is 8.59. The predicted molar refractivity (Wildman–Crippen MR) is 199 cm³/mol. The number of cyclic esters (lactones) is 1. The lowest BCUT2D eigenvalue weighted by Crippen LogP contribution is -2.43. The van der Waals surface area contributed by atoms with Crippen LogP contribution in [0.4, 0.5) is 4.79 Å². The Bertz CT molecular complexity index is 2030. The Hall–Kier alpha value is -4.31. The summed E-state index contributed by atoms with van der Waals surface area (Å²) in [7, 11) is -3.43. The quantitative estimate of drug-likeness (QED) is 0.152. The molecule has 0 N–H and O–H groups in total. The average Bonchev–Trinajstić information content (AvgIpc) is 4.12. The molecule has 53 heavy (non-hydrogen) atoms. The van der Waals surface area contributed by atoms with Gasteiger partial charge in [-0.25, -0.2) is 18.1 Å². The third-order valence-corrected chi connectivity index (χ3v) is 14.2. The Balaban J connectivity index is 1.03. The van der Waals surface area contributed by atoms with Crippen LogP contribution in [-0.4, -0.2) is 49.0 Å². The van der Waals surface area contributed by atoms with Gasteiger partial charge in [0.2, 0.25) is 5.91 Å². The summed E-state index contributed by atoms with van der Waals surface area (Å²) in [5.74, 6) is -1.57. The molecule has 274 valence electrons. The van der Waals surface area contributed by atoms with Crippen LogP contribution in [-0.2, 0) is 35.3 Å². The Labute approximate surface area is 311 Å². The van der Waals surface area contributed by atoms with Crippen molar-refractivity contribution < 1.29 is 32.2 Å². The minimum atomic E-state index is -3.43. The molecule has 1 spiro atoms. The number of amides is 2. The zero-order valence-electron chi connectivity index (χ0n) is 29.7. The Morgan fingerprint density at radius 3 is 2.02 bits per heavy atom. The molecule has 4 aromatic carbocycles. The molecule has 3 aliphatic carbocycles. The van der Waals surface area contributed by atoms with E-state index in [1.807, 2.05) is 78.9 Å². The lowest BCUT2D eigenvalue weighted by atomic mass is 9.85. The van der Waals surface area contributed by atoms with Gasteiger partial charge in [0, 0.05) is 12.8 Å². The molecule has 2 saturated heterocycles. The molecule has 5 fully saturated rings. The van der Waals surface area contributed by atoms with Crippen LogP contribution in [0.25, 0.3) is 0 Å². The van der Waals surface area contributed by atoms with Crippen molar-refractivity contribution in [3.05, 3.63) is 137 Å². The van der Waals surface area contributed by atoms with E-state index < -0.39 is 33.7 Å². The highest BCUT2D eigenvalue weighted by atomic mass is 32.2. The van der Waals surface area contributed by atoms with Gasteiger partial charge in [-0.05, 0) is 90.7 Å². The topological polar surface area (TPSA) is 99.2 Å². The van der Waals surface area contributed by atoms with Gasteiger partial charge in [-0.3, -0.25) is 4.79 Å². The molecule has 0 bridgehead atoms. The van der Waals surface area contributed by atoms with E-state index in [0.29, 0.717) is 43.4 Å². The summed E-state index contributed by atoms with van der Waals surface area (Å²) in [5, 5.41) is -0.318. The van der Waals surface area contributed by atoms with Crippen molar-refractivity contribution in [2.24, 2.45) is 5.92 Å². The van der Waals surface area contributed by atoms with Gasteiger partial charge < -0.3 is 14.2 Å². The molecule has 8 nitrogen and oxygen atoms in total. The van der Waals surface area contributed by atoms with Crippen molar-refractivity contribution >= 4 is 21.8 Å². The summed E-state index contributed by atoms with van der Waals surface area (Å²) < 4.78 is 46.5. The zero-order valence-corrected chi connectivity index (χ0v) is 30.5. The fourth-order valence-electron chi connectivity index (χ4n) is 8.83. The zero-order chi connectivity index (χ0) is 36.2. The molecular weight excluding hydrogens is 687 g/mol. The Morgan fingerprint density at radius 2 is 1.42 bits per heavy atom. The summed E-state index contributed by atoms with van der Waals surface area (Å²) in [6.07, 6.45) is 5.09. The van der Waals surface area contributed by atoms with Gasteiger partial charge in [-0.2, -0.15) is 0 Å². The van der Waals surface area contributed by atoms with E-state index in [4.69, 9.17) is 14.2 Å². The first-order valence-corrected chi connectivity index (χ1v) is 20.7. The molecule has 9 rings (SSSR count). The van der Waals surface area contributed by atoms with E-state index >= 15 is 0 Å².